The average Bonchev–Trinajstić information content (AvgIpc) is 3.66. The number of carboxylic acid groups (broad SMARTS) is 1. The zero-order chi connectivity index (χ0) is 26.3. The van der Waals surface area contributed by atoms with E-state index in [-0.39, 0.29) is 40.5 Å². The number of amides is 1. The summed E-state index contributed by atoms with van der Waals surface area (Å²) in [7, 11) is 0. The Morgan fingerprint density at radius 2 is 1.89 bits per heavy atom. The van der Waals surface area contributed by atoms with Crippen molar-refractivity contribution in [2.24, 2.45) is 0 Å². The Hall–Kier alpha value is -3.73. The maximum atomic E-state index is 13.1. The van der Waals surface area contributed by atoms with Gasteiger partial charge in [-0.15, -0.1) is 0 Å². The number of furan rings is 1. The van der Waals surface area contributed by atoms with Gasteiger partial charge in [-0.1, -0.05) is 6.07 Å². The van der Waals surface area contributed by atoms with Crippen molar-refractivity contribution in [3.8, 4) is 5.75 Å². The van der Waals surface area contributed by atoms with Crippen LogP contribution in [0.5, 0.6) is 5.75 Å². The number of thioether (sulfide) groups is 1. The van der Waals surface area contributed by atoms with Crippen LogP contribution in [0.2, 0.25) is 0 Å². The van der Waals surface area contributed by atoms with Crippen LogP contribution in [0.15, 0.2) is 44.3 Å². The number of likely N-dealkylation sites (tertiary alicyclic amines) is 1. The Balaban J connectivity index is 1.42. The van der Waals surface area contributed by atoms with Gasteiger partial charge in [0.2, 0.25) is 0 Å². The van der Waals surface area contributed by atoms with Gasteiger partial charge in [0, 0.05) is 11.8 Å². The quantitative estimate of drug-likeness (QED) is 0.255. The number of nitrogens with zero attached hydrogens (tertiary/aromatic N) is 1. The number of aromatic hydroxyl groups is 1. The van der Waals surface area contributed by atoms with Gasteiger partial charge in [-0.3, -0.25) is 14.4 Å². The first kappa shape index (κ1) is 24.9. The molecule has 4 N–H and O–H groups in total. The second-order valence-corrected chi connectivity index (χ2v) is 10.7. The molecule has 0 saturated carbocycles. The number of nitrogens with one attached hydrogen (secondary N) is 2. The highest BCUT2D eigenvalue weighted by atomic mass is 32.2. The van der Waals surface area contributed by atoms with E-state index >= 15 is 0 Å². The number of carbonyl (C=O) groups is 2. The van der Waals surface area contributed by atoms with Crippen molar-refractivity contribution in [2.75, 3.05) is 22.9 Å². The number of hydrogen-bond acceptors (Lipinski definition) is 9. The molecule has 0 aliphatic carbocycles. The van der Waals surface area contributed by atoms with E-state index < -0.39 is 34.5 Å². The summed E-state index contributed by atoms with van der Waals surface area (Å²) in [5, 5.41) is 26.5. The fourth-order valence-corrected chi connectivity index (χ4v) is 6.37. The van der Waals surface area contributed by atoms with Crippen molar-refractivity contribution in [3.05, 3.63) is 67.9 Å². The highest BCUT2D eigenvalue weighted by molar-refractivity contribution is 8.00. The molecule has 2 aliphatic heterocycles. The lowest BCUT2D eigenvalue weighted by Gasteiger charge is -2.26. The molecule has 2 aliphatic rings. The molecule has 3 unspecified atom stereocenters. The van der Waals surface area contributed by atoms with Crippen LogP contribution >= 0.6 is 11.8 Å². The van der Waals surface area contributed by atoms with Crippen molar-refractivity contribution in [1.82, 2.24) is 4.90 Å². The topological polar surface area (TPSA) is 149 Å². The van der Waals surface area contributed by atoms with E-state index in [9.17, 15) is 29.4 Å². The van der Waals surface area contributed by atoms with Crippen molar-refractivity contribution in [3.63, 3.8) is 0 Å². The summed E-state index contributed by atoms with van der Waals surface area (Å²) in [5.41, 5.74) is -1.35. The zero-order valence-electron chi connectivity index (χ0n) is 20.2. The fraction of sp³-hybridized carbons (Fsp3) is 0.385. The van der Waals surface area contributed by atoms with Crippen molar-refractivity contribution < 1.29 is 24.2 Å². The van der Waals surface area contributed by atoms with Gasteiger partial charge in [0.1, 0.15) is 28.9 Å². The molecule has 0 bridgehead atoms. The number of carbonyl (C=O) groups excluding carboxylic acids is 1. The Morgan fingerprint density at radius 3 is 2.57 bits per heavy atom. The minimum absolute atomic E-state index is 0.00856. The molecule has 5 rings (SSSR count). The maximum Gasteiger partial charge on any atom is 0.326 e. The van der Waals surface area contributed by atoms with Crippen LogP contribution in [0.4, 0.5) is 17.1 Å². The fourth-order valence-electron chi connectivity index (χ4n) is 5.01. The Bertz CT molecular complexity index is 1420. The molecule has 0 radical (unpaired) electrons. The summed E-state index contributed by atoms with van der Waals surface area (Å²) < 4.78 is 5.84. The van der Waals surface area contributed by atoms with Gasteiger partial charge in [0.05, 0.1) is 17.3 Å². The van der Waals surface area contributed by atoms with E-state index in [4.69, 9.17) is 4.42 Å². The van der Waals surface area contributed by atoms with Crippen LogP contribution in [0.1, 0.15) is 53.6 Å². The lowest BCUT2D eigenvalue weighted by Crippen LogP contribution is -2.40. The number of phenols is 1. The first-order valence-electron chi connectivity index (χ1n) is 12.2. The molecule has 10 nitrogen and oxygen atoms in total. The molecule has 11 heteroatoms. The van der Waals surface area contributed by atoms with Crippen LogP contribution in [0.25, 0.3) is 0 Å². The normalized spacial score (nSPS) is 20.3. The van der Waals surface area contributed by atoms with Gasteiger partial charge in [0.15, 0.2) is 5.75 Å². The zero-order valence-corrected chi connectivity index (χ0v) is 21.0. The molecule has 1 aromatic heterocycles. The molecular formula is C26H27N3O7S. The summed E-state index contributed by atoms with van der Waals surface area (Å²) >= 11 is 1.77. The summed E-state index contributed by atoms with van der Waals surface area (Å²) in [5.74, 6) is 0.273. The minimum Gasteiger partial charge on any atom is -0.505 e. The molecule has 2 aromatic carbocycles. The van der Waals surface area contributed by atoms with Gasteiger partial charge in [-0.05, 0) is 62.6 Å². The molecule has 3 atom stereocenters. The van der Waals surface area contributed by atoms with Gasteiger partial charge in [-0.25, -0.2) is 4.79 Å². The number of para-hydroxylation sites is 1. The molecular weight excluding hydrogens is 498 g/mol. The molecule has 2 fully saturated rings. The lowest BCUT2D eigenvalue weighted by atomic mass is 10.0. The van der Waals surface area contributed by atoms with Gasteiger partial charge in [0.25, 0.3) is 16.8 Å². The first-order chi connectivity index (χ1) is 17.8. The molecule has 3 aromatic rings. The SMILES string of the molecule is Cc1ccc(C(Nc2c(Nc3cccc(C(=O)N4CCCC4C(=O)O)c3O)c(=O)c2=O)C2CCCS2)o1. The minimum atomic E-state index is -1.10. The van der Waals surface area contributed by atoms with Crippen LogP contribution in [0, 0.1) is 6.92 Å². The monoisotopic (exact) mass is 525 g/mol. The highest BCUT2D eigenvalue weighted by Gasteiger charge is 2.36. The molecule has 2 saturated heterocycles. The van der Waals surface area contributed by atoms with Gasteiger partial charge < -0.3 is 30.2 Å². The molecule has 1 amide bonds. The third kappa shape index (κ3) is 4.59. The van der Waals surface area contributed by atoms with E-state index in [0.717, 1.165) is 24.4 Å². The first-order valence-corrected chi connectivity index (χ1v) is 13.2. The van der Waals surface area contributed by atoms with Gasteiger partial charge in [-0.2, -0.15) is 11.8 Å². The van der Waals surface area contributed by atoms with Crippen LogP contribution in [0.3, 0.4) is 0 Å². The van der Waals surface area contributed by atoms with Gasteiger partial charge >= 0.3 is 5.97 Å². The van der Waals surface area contributed by atoms with Crippen LogP contribution in [-0.2, 0) is 4.79 Å². The maximum absolute atomic E-state index is 13.1. The number of hydrogen-bond donors (Lipinski definition) is 4. The van der Waals surface area contributed by atoms with Crippen molar-refractivity contribution in [2.45, 2.75) is 49.9 Å². The Morgan fingerprint density at radius 1 is 1.11 bits per heavy atom. The largest absolute Gasteiger partial charge is 0.505 e. The molecule has 0 spiro atoms. The third-order valence-corrected chi connectivity index (χ3v) is 8.40. The van der Waals surface area contributed by atoms with E-state index in [2.05, 4.69) is 10.6 Å². The standard InChI is InChI=1S/C26H27N3O7S/c1-13-9-10-17(36-13)19(18-8-4-12-37-18)28-21-20(23(31)24(21)32)27-15-6-2-5-14(22(15)30)25(33)29-11-3-7-16(29)26(34)35/h2,5-6,9-10,16,18-19,27-28,30H,3-4,7-8,11-12H2,1H3,(H,34,35). The van der Waals surface area contributed by atoms with Crippen LogP contribution in [-0.4, -0.2) is 50.6 Å². The van der Waals surface area contributed by atoms with Crippen molar-refractivity contribution in [1.29, 1.82) is 0 Å². The molecule has 3 heterocycles. The smallest absolute Gasteiger partial charge is 0.326 e. The van der Waals surface area contributed by atoms with Crippen molar-refractivity contribution >= 4 is 40.7 Å². The predicted molar refractivity (Wildman–Crippen MR) is 140 cm³/mol. The summed E-state index contributed by atoms with van der Waals surface area (Å²) in [6, 6.07) is 6.82. The number of benzene rings is 1. The second-order valence-electron chi connectivity index (χ2n) is 9.35. The predicted octanol–water partition coefficient (Wildman–Crippen LogP) is 3.37. The number of carboxylic acids is 1. The van der Waals surface area contributed by atoms with Crippen LogP contribution < -0.4 is 21.5 Å². The third-order valence-electron chi connectivity index (χ3n) is 6.94. The Labute approximate surface area is 216 Å². The number of anilines is 3. The van der Waals surface area contributed by atoms with E-state index in [0.29, 0.717) is 18.6 Å². The summed E-state index contributed by atoms with van der Waals surface area (Å²) in [4.78, 5) is 50.9. The molecule has 37 heavy (non-hydrogen) atoms. The Kier molecular flexibility index (Phi) is 6.72. The summed E-state index contributed by atoms with van der Waals surface area (Å²) in [6.45, 7) is 2.11. The highest BCUT2D eigenvalue weighted by Crippen LogP contribution is 2.40. The van der Waals surface area contributed by atoms with E-state index in [1.807, 2.05) is 19.1 Å². The lowest BCUT2D eigenvalue weighted by molar-refractivity contribution is -0.141. The number of rotatable bonds is 8. The van der Waals surface area contributed by atoms with E-state index in [1.165, 1.54) is 23.1 Å². The number of phenolic OH excluding ortho intramolecular Hbond substituents is 1. The average molecular weight is 526 g/mol. The second kappa shape index (κ2) is 9.97. The van der Waals surface area contributed by atoms with E-state index in [1.54, 1.807) is 11.8 Å². The number of aryl methyl sites for hydroxylation is 1. The summed E-state index contributed by atoms with van der Waals surface area (Å²) in [6.07, 6.45) is 2.86. The number of aliphatic carboxylic acids is 1. The molecule has 194 valence electrons.